The molecule has 1 aromatic carbocycles. The Labute approximate surface area is 153 Å². The zero-order valence-corrected chi connectivity index (χ0v) is 15.0. The van der Waals surface area contributed by atoms with Crippen LogP contribution in [-0.2, 0) is 17.3 Å². The van der Waals surface area contributed by atoms with E-state index in [1.807, 2.05) is 0 Å². The number of H-pyrrole nitrogens is 1. The fourth-order valence-corrected chi connectivity index (χ4v) is 3.30. The molecule has 0 fully saturated rings. The minimum Gasteiger partial charge on any atom is -0.299 e. The normalized spacial score (nSPS) is 10.5. The number of nitrogens with zero attached hydrogens (tertiary/aromatic N) is 4. The maximum atomic E-state index is 11.2. The van der Waals surface area contributed by atoms with E-state index in [-0.39, 0.29) is 15.1 Å². The van der Waals surface area contributed by atoms with E-state index in [2.05, 4.69) is 21.3 Å². The predicted octanol–water partition coefficient (Wildman–Crippen LogP) is 3.07. The first-order chi connectivity index (χ1) is 11.9. The summed E-state index contributed by atoms with van der Waals surface area (Å²) in [5.41, 5.74) is 2.28. The fraction of sp³-hybridized carbons (Fsp3) is 0.0667. The molecule has 0 radical (unpaired) electrons. The van der Waals surface area contributed by atoms with Crippen molar-refractivity contribution >= 4 is 33.5 Å². The number of aromatic nitrogens is 4. The number of aromatic amines is 1. The van der Waals surface area contributed by atoms with Crippen molar-refractivity contribution in [3.05, 3.63) is 51.0 Å². The molecular formula is C15H9Cl2N5O2S. The summed E-state index contributed by atoms with van der Waals surface area (Å²) in [5.74, 6) is 0.378. The lowest BCUT2D eigenvalue weighted by atomic mass is 9.97. The van der Waals surface area contributed by atoms with Gasteiger partial charge in [0.1, 0.15) is 10.3 Å². The van der Waals surface area contributed by atoms with Crippen LogP contribution in [0.3, 0.4) is 0 Å². The highest BCUT2D eigenvalue weighted by Gasteiger charge is 2.15. The van der Waals surface area contributed by atoms with Crippen molar-refractivity contribution in [1.82, 2.24) is 19.7 Å². The van der Waals surface area contributed by atoms with E-state index < -0.39 is 10.3 Å². The molecule has 0 aliphatic carbocycles. The van der Waals surface area contributed by atoms with Crippen LogP contribution < -0.4 is 0 Å². The smallest absolute Gasteiger partial charge is 0.257 e. The van der Waals surface area contributed by atoms with Gasteiger partial charge in [0.25, 0.3) is 15.1 Å². The van der Waals surface area contributed by atoms with Crippen LogP contribution in [0.4, 0.5) is 0 Å². The Morgan fingerprint density at radius 1 is 1.16 bits per heavy atom. The van der Waals surface area contributed by atoms with E-state index in [4.69, 9.17) is 23.2 Å². The maximum Gasteiger partial charge on any atom is 0.257 e. The Bertz CT molecular complexity index is 1180. The second kappa shape index (κ2) is 6.72. The van der Waals surface area contributed by atoms with Crippen molar-refractivity contribution < 1.29 is 8.42 Å². The number of halogens is 2. The molecule has 0 atom stereocenters. The Morgan fingerprint density at radius 2 is 1.84 bits per heavy atom. The second-order valence-electron chi connectivity index (χ2n) is 5.02. The van der Waals surface area contributed by atoms with E-state index in [9.17, 15) is 13.7 Å². The fourth-order valence-electron chi connectivity index (χ4n) is 2.40. The van der Waals surface area contributed by atoms with Crippen LogP contribution in [0.25, 0.3) is 22.5 Å². The van der Waals surface area contributed by atoms with Crippen molar-refractivity contribution in [1.29, 1.82) is 5.26 Å². The van der Waals surface area contributed by atoms with Gasteiger partial charge in [0.15, 0.2) is 5.82 Å². The quantitative estimate of drug-likeness (QED) is 0.531. The van der Waals surface area contributed by atoms with Crippen LogP contribution in [0.1, 0.15) is 5.56 Å². The van der Waals surface area contributed by atoms with Gasteiger partial charge >= 0.3 is 0 Å². The molecule has 3 rings (SSSR count). The molecule has 126 valence electrons. The molecule has 0 saturated carbocycles. The first-order valence-electron chi connectivity index (χ1n) is 6.82. The molecule has 0 aliphatic rings. The van der Waals surface area contributed by atoms with Crippen molar-refractivity contribution in [3.8, 4) is 28.6 Å². The molecule has 0 aliphatic heterocycles. The monoisotopic (exact) mass is 393 g/mol. The Morgan fingerprint density at radius 3 is 2.40 bits per heavy atom. The highest BCUT2D eigenvalue weighted by atomic mass is 35.5. The Kier molecular flexibility index (Phi) is 4.63. The molecule has 0 unspecified atom stereocenters. The van der Waals surface area contributed by atoms with Crippen LogP contribution in [0, 0.1) is 16.1 Å². The van der Waals surface area contributed by atoms with Crippen LogP contribution in [-0.4, -0.2) is 28.2 Å². The summed E-state index contributed by atoms with van der Waals surface area (Å²) < 4.78 is 23.8. The zero-order chi connectivity index (χ0) is 18.1. The van der Waals surface area contributed by atoms with Crippen molar-refractivity contribution in [3.63, 3.8) is 0 Å². The van der Waals surface area contributed by atoms with Gasteiger partial charge in [-0.25, -0.2) is 10.1 Å². The summed E-state index contributed by atoms with van der Waals surface area (Å²) in [6.07, 6.45) is 0. The summed E-state index contributed by atoms with van der Waals surface area (Å²) in [6, 6.07) is 10.2. The van der Waals surface area contributed by atoms with Gasteiger partial charge in [-0.1, -0.05) is 23.2 Å². The van der Waals surface area contributed by atoms with Crippen molar-refractivity contribution in [2.45, 2.75) is 0 Å². The number of hydrogen-bond acceptors (Lipinski definition) is 5. The molecule has 2 aromatic heterocycles. The topological polar surface area (TPSA) is 104 Å². The molecule has 25 heavy (non-hydrogen) atoms. The van der Waals surface area contributed by atoms with E-state index in [0.717, 1.165) is 0 Å². The van der Waals surface area contributed by atoms with Crippen molar-refractivity contribution in [2.75, 3.05) is 0 Å². The minimum atomic E-state index is -2.47. The van der Waals surface area contributed by atoms with E-state index in [1.165, 1.54) is 4.57 Å². The third-order valence-corrected chi connectivity index (χ3v) is 4.57. The largest absolute Gasteiger partial charge is 0.299 e. The lowest BCUT2D eigenvalue weighted by Gasteiger charge is -2.10. The van der Waals surface area contributed by atoms with E-state index in [1.54, 1.807) is 37.4 Å². The zero-order valence-electron chi connectivity index (χ0n) is 12.7. The van der Waals surface area contributed by atoms with Crippen molar-refractivity contribution in [2.24, 2.45) is 7.05 Å². The maximum absolute atomic E-state index is 11.2. The minimum absolute atomic E-state index is 0.0731. The first-order valence-corrected chi connectivity index (χ1v) is 8.65. The molecule has 0 spiro atoms. The number of pyridine rings is 1. The number of hydrogen-bond donors (Lipinski definition) is 1. The van der Waals surface area contributed by atoms with E-state index >= 15 is 0 Å². The molecule has 1 N–H and O–H groups in total. The molecule has 0 amide bonds. The third kappa shape index (κ3) is 3.30. The second-order valence-corrected chi connectivity index (χ2v) is 6.65. The molecular weight excluding hydrogens is 385 g/mol. The first kappa shape index (κ1) is 17.2. The molecule has 2 heterocycles. The highest BCUT2D eigenvalue weighted by molar-refractivity contribution is 7.63. The van der Waals surface area contributed by atoms with Gasteiger partial charge < -0.3 is 0 Å². The highest BCUT2D eigenvalue weighted by Crippen LogP contribution is 2.33. The summed E-state index contributed by atoms with van der Waals surface area (Å²) in [5, 5.41) is 16.1. The van der Waals surface area contributed by atoms with Gasteiger partial charge in [0, 0.05) is 12.6 Å². The standard InChI is InChI=1S/C15H9Cl2N5O2S/c1-22-14(20-21-15(22)25(23)24)10-3-2-8(7-18)4-11(10)9-5-12(16)19-13(17)6-9/h2-6,21H,1H3. The average molecular weight is 394 g/mol. The number of nitrogens with one attached hydrogen (secondary N) is 1. The summed E-state index contributed by atoms with van der Waals surface area (Å²) in [4.78, 5) is 3.91. The summed E-state index contributed by atoms with van der Waals surface area (Å²) >= 11 is 12.0. The Balaban J connectivity index is 2.36. The molecule has 7 nitrogen and oxygen atoms in total. The number of rotatable bonds is 2. The molecule has 0 saturated heterocycles. The summed E-state index contributed by atoms with van der Waals surface area (Å²) in [7, 11) is -0.900. The van der Waals surface area contributed by atoms with Gasteiger partial charge in [-0.15, -0.1) is 0 Å². The lowest BCUT2D eigenvalue weighted by molar-refractivity contribution is 0.621. The average Bonchev–Trinajstić information content (AvgIpc) is 2.95. The molecule has 10 heteroatoms. The van der Waals surface area contributed by atoms with Crippen LogP contribution >= 0.6 is 23.2 Å². The third-order valence-electron chi connectivity index (χ3n) is 3.50. The molecule has 0 bridgehead atoms. The van der Waals surface area contributed by atoms with Crippen LogP contribution in [0.2, 0.25) is 10.3 Å². The van der Waals surface area contributed by atoms with Crippen LogP contribution in [0.5, 0.6) is 0 Å². The number of nitriles is 1. The van der Waals surface area contributed by atoms with Gasteiger partial charge in [-0.3, -0.25) is 4.57 Å². The SMILES string of the molecule is Cn1c(-c2ccc(C#N)cc2-c2cc(Cl)nc(Cl)c2)n[nH]c1=S(=O)=O. The molecule has 3 aromatic rings. The lowest BCUT2D eigenvalue weighted by Crippen LogP contribution is -1.97. The van der Waals surface area contributed by atoms with E-state index in [0.29, 0.717) is 28.1 Å². The van der Waals surface area contributed by atoms with Gasteiger partial charge in [-0.2, -0.15) is 18.8 Å². The van der Waals surface area contributed by atoms with Crippen LogP contribution in [0.15, 0.2) is 30.3 Å². The summed E-state index contributed by atoms with van der Waals surface area (Å²) in [6.45, 7) is 0. The van der Waals surface area contributed by atoms with Gasteiger partial charge in [-0.05, 0) is 41.5 Å². The van der Waals surface area contributed by atoms with Gasteiger partial charge in [0.2, 0.25) is 0 Å². The Hall–Kier alpha value is -2.60. The van der Waals surface area contributed by atoms with Gasteiger partial charge in [0.05, 0.1) is 11.6 Å². The number of benzene rings is 1. The predicted molar refractivity (Wildman–Crippen MR) is 93.1 cm³/mol.